The van der Waals surface area contributed by atoms with Crippen molar-refractivity contribution in [3.8, 4) is 11.1 Å². The fraction of sp³-hybridized carbons (Fsp3) is 0.333. The van der Waals surface area contributed by atoms with E-state index in [-0.39, 0.29) is 19.1 Å². The molecule has 3 aromatic carbocycles. The highest BCUT2D eigenvalue weighted by atomic mass is 16.6. The van der Waals surface area contributed by atoms with E-state index in [1.165, 1.54) is 4.90 Å². The molecular weight excluding hydrogens is 536 g/mol. The summed E-state index contributed by atoms with van der Waals surface area (Å²) in [6, 6.07) is 22.8. The molecule has 1 heterocycles. The SMILES string of the molecule is CC(C)(OC(=O)[C@@H]1CCCN1C(=O)[C@H](CC(=O)O)NC(=O)OCC1c2ccccc2-c2ccccc21)c1ccccc1. The van der Waals surface area contributed by atoms with Gasteiger partial charge in [-0.25, -0.2) is 9.59 Å². The first-order valence-electron chi connectivity index (χ1n) is 14.1. The molecule has 9 nitrogen and oxygen atoms in total. The van der Waals surface area contributed by atoms with Crippen LogP contribution in [0.15, 0.2) is 78.9 Å². The first kappa shape index (κ1) is 28.9. The van der Waals surface area contributed by atoms with Crippen molar-refractivity contribution in [2.24, 2.45) is 0 Å². The van der Waals surface area contributed by atoms with Crippen LogP contribution >= 0.6 is 0 Å². The Bertz CT molecular complexity index is 1440. The van der Waals surface area contributed by atoms with Crippen LogP contribution in [0.1, 0.15) is 55.7 Å². The van der Waals surface area contributed by atoms with Gasteiger partial charge in [0.05, 0.1) is 6.42 Å². The van der Waals surface area contributed by atoms with Crippen LogP contribution in [0.3, 0.4) is 0 Å². The van der Waals surface area contributed by atoms with Crippen molar-refractivity contribution in [1.29, 1.82) is 0 Å². The van der Waals surface area contributed by atoms with Gasteiger partial charge in [-0.2, -0.15) is 0 Å². The summed E-state index contributed by atoms with van der Waals surface area (Å²) < 4.78 is 11.4. The van der Waals surface area contributed by atoms with Crippen LogP contribution in [-0.2, 0) is 29.5 Å². The van der Waals surface area contributed by atoms with Crippen molar-refractivity contribution in [2.45, 2.75) is 56.7 Å². The smallest absolute Gasteiger partial charge is 0.407 e. The number of fused-ring (bicyclic) bond motifs is 3. The van der Waals surface area contributed by atoms with E-state index in [0.29, 0.717) is 12.8 Å². The van der Waals surface area contributed by atoms with Gasteiger partial charge in [0, 0.05) is 12.5 Å². The van der Waals surface area contributed by atoms with Gasteiger partial charge in [-0.15, -0.1) is 0 Å². The van der Waals surface area contributed by atoms with E-state index >= 15 is 0 Å². The summed E-state index contributed by atoms with van der Waals surface area (Å²) >= 11 is 0. The summed E-state index contributed by atoms with van der Waals surface area (Å²) in [7, 11) is 0. The highest BCUT2D eigenvalue weighted by Gasteiger charge is 2.41. The predicted octanol–water partition coefficient (Wildman–Crippen LogP) is 4.84. The second-order valence-electron chi connectivity index (χ2n) is 11.1. The van der Waals surface area contributed by atoms with E-state index in [4.69, 9.17) is 9.47 Å². The zero-order valence-electron chi connectivity index (χ0n) is 23.6. The van der Waals surface area contributed by atoms with E-state index in [1.807, 2.05) is 78.9 Å². The minimum absolute atomic E-state index is 0.0150. The summed E-state index contributed by atoms with van der Waals surface area (Å²) in [6.07, 6.45) is -0.640. The van der Waals surface area contributed by atoms with Crippen LogP contribution in [0, 0.1) is 0 Å². The minimum Gasteiger partial charge on any atom is -0.481 e. The Balaban J connectivity index is 1.25. The molecule has 1 aliphatic heterocycles. The maximum absolute atomic E-state index is 13.5. The van der Waals surface area contributed by atoms with Gasteiger partial charge in [-0.05, 0) is 54.5 Å². The number of nitrogens with one attached hydrogen (secondary N) is 1. The molecule has 1 saturated heterocycles. The van der Waals surface area contributed by atoms with E-state index in [2.05, 4.69) is 5.32 Å². The van der Waals surface area contributed by atoms with Gasteiger partial charge >= 0.3 is 18.0 Å². The molecule has 0 radical (unpaired) electrons. The summed E-state index contributed by atoms with van der Waals surface area (Å²) in [4.78, 5) is 52.6. The lowest BCUT2D eigenvalue weighted by molar-refractivity contribution is -0.166. The van der Waals surface area contributed by atoms with Gasteiger partial charge in [0.2, 0.25) is 5.91 Å². The molecule has 1 fully saturated rings. The lowest BCUT2D eigenvalue weighted by Gasteiger charge is -2.31. The molecule has 42 heavy (non-hydrogen) atoms. The van der Waals surface area contributed by atoms with Crippen molar-refractivity contribution < 1.29 is 33.8 Å². The standard InChI is InChI=1S/C33H34N2O7/c1-33(2,21-11-4-3-5-12-21)42-31(39)28-17-10-18-35(28)30(38)27(19-29(36)37)34-32(40)41-20-26-24-15-8-6-13-22(24)23-14-7-9-16-25(23)26/h3-9,11-16,26-28H,10,17-20H2,1-2H3,(H,34,40)(H,36,37)/t27-,28-/m0/s1. The van der Waals surface area contributed by atoms with Crippen LogP contribution in [0.4, 0.5) is 4.79 Å². The number of carbonyl (C=O) groups is 4. The van der Waals surface area contributed by atoms with Crippen LogP contribution in [0.5, 0.6) is 0 Å². The normalized spacial score (nSPS) is 16.7. The Labute approximate surface area is 244 Å². The number of ether oxygens (including phenoxy) is 2. The largest absolute Gasteiger partial charge is 0.481 e. The highest BCUT2D eigenvalue weighted by molar-refractivity contribution is 5.92. The third kappa shape index (κ3) is 6.00. The third-order valence-corrected chi connectivity index (χ3v) is 7.95. The van der Waals surface area contributed by atoms with Crippen molar-refractivity contribution >= 4 is 23.9 Å². The molecule has 2 atom stereocenters. The number of hydrogen-bond acceptors (Lipinski definition) is 6. The monoisotopic (exact) mass is 570 g/mol. The van der Waals surface area contributed by atoms with Crippen LogP contribution in [0.2, 0.25) is 0 Å². The van der Waals surface area contributed by atoms with E-state index in [1.54, 1.807) is 13.8 Å². The van der Waals surface area contributed by atoms with Crippen LogP contribution in [0.25, 0.3) is 11.1 Å². The molecule has 0 spiro atoms. The Morgan fingerprint density at radius 1 is 0.929 bits per heavy atom. The third-order valence-electron chi connectivity index (χ3n) is 7.95. The molecule has 3 aromatic rings. The first-order chi connectivity index (χ1) is 20.2. The number of hydrogen-bond donors (Lipinski definition) is 2. The quantitative estimate of drug-likeness (QED) is 0.353. The molecule has 0 unspecified atom stereocenters. The van der Waals surface area contributed by atoms with Crippen molar-refractivity contribution in [3.63, 3.8) is 0 Å². The molecule has 5 rings (SSSR count). The lowest BCUT2D eigenvalue weighted by Crippen LogP contribution is -2.53. The van der Waals surface area contributed by atoms with Gasteiger partial charge in [-0.1, -0.05) is 78.9 Å². The maximum Gasteiger partial charge on any atom is 0.407 e. The number of amides is 2. The lowest BCUT2D eigenvalue weighted by atomic mass is 9.98. The molecule has 9 heteroatoms. The maximum atomic E-state index is 13.5. The van der Waals surface area contributed by atoms with Crippen molar-refractivity contribution in [3.05, 3.63) is 95.6 Å². The number of alkyl carbamates (subject to hydrolysis) is 1. The molecule has 0 bridgehead atoms. The molecule has 0 aromatic heterocycles. The fourth-order valence-corrected chi connectivity index (χ4v) is 5.85. The topological polar surface area (TPSA) is 122 Å². The van der Waals surface area contributed by atoms with Crippen molar-refractivity contribution in [2.75, 3.05) is 13.2 Å². The zero-order chi connectivity index (χ0) is 29.9. The Kier molecular flexibility index (Phi) is 8.29. The van der Waals surface area contributed by atoms with Gasteiger partial charge in [0.15, 0.2) is 0 Å². The average Bonchev–Trinajstić information content (AvgIpc) is 3.59. The average molecular weight is 571 g/mol. The molecule has 2 N–H and O–H groups in total. The molecule has 2 aliphatic rings. The van der Waals surface area contributed by atoms with Crippen LogP contribution < -0.4 is 5.32 Å². The summed E-state index contributed by atoms with van der Waals surface area (Å²) in [5.41, 5.74) is 4.07. The highest BCUT2D eigenvalue weighted by Crippen LogP contribution is 2.44. The number of likely N-dealkylation sites (tertiary alicyclic amines) is 1. The number of esters is 1. The summed E-state index contributed by atoms with van der Waals surface area (Å²) in [6.45, 7) is 3.80. The molecule has 218 valence electrons. The van der Waals surface area contributed by atoms with Crippen molar-refractivity contribution in [1.82, 2.24) is 10.2 Å². The second kappa shape index (κ2) is 12.1. The number of carbonyl (C=O) groups excluding carboxylic acids is 3. The molecule has 1 aliphatic carbocycles. The first-order valence-corrected chi connectivity index (χ1v) is 14.1. The number of rotatable bonds is 9. The number of aliphatic carboxylic acids is 1. The summed E-state index contributed by atoms with van der Waals surface area (Å²) in [5.74, 6) is -2.70. The molecule has 2 amide bonds. The van der Waals surface area contributed by atoms with E-state index in [0.717, 1.165) is 27.8 Å². The van der Waals surface area contributed by atoms with E-state index < -0.39 is 48.0 Å². The Morgan fingerprint density at radius 2 is 1.52 bits per heavy atom. The minimum atomic E-state index is -1.41. The number of benzene rings is 3. The Morgan fingerprint density at radius 3 is 2.14 bits per heavy atom. The van der Waals surface area contributed by atoms with Gasteiger partial charge in [0.25, 0.3) is 0 Å². The second-order valence-corrected chi connectivity index (χ2v) is 11.1. The van der Waals surface area contributed by atoms with E-state index in [9.17, 15) is 24.3 Å². The number of nitrogens with zero attached hydrogens (tertiary/aromatic N) is 1. The molecule has 0 saturated carbocycles. The predicted molar refractivity (Wildman–Crippen MR) is 155 cm³/mol. The summed E-state index contributed by atoms with van der Waals surface area (Å²) in [5, 5.41) is 12.0. The molecular formula is C33H34N2O7. The van der Waals surface area contributed by atoms with Gasteiger partial charge in [-0.3, -0.25) is 9.59 Å². The number of carboxylic acids is 1. The van der Waals surface area contributed by atoms with Gasteiger partial charge in [0.1, 0.15) is 24.3 Å². The Hall–Kier alpha value is -4.66. The fourth-order valence-electron chi connectivity index (χ4n) is 5.85. The van der Waals surface area contributed by atoms with Gasteiger partial charge < -0.3 is 24.8 Å². The van der Waals surface area contributed by atoms with Crippen LogP contribution in [-0.4, -0.2) is 59.2 Å². The zero-order valence-corrected chi connectivity index (χ0v) is 23.6. The number of carboxylic acid groups (broad SMARTS) is 1.